The number of amides is 2. The van der Waals surface area contributed by atoms with Crippen molar-refractivity contribution in [3.63, 3.8) is 0 Å². The predicted octanol–water partition coefficient (Wildman–Crippen LogP) is 3.50. The van der Waals surface area contributed by atoms with Gasteiger partial charge in [-0.2, -0.15) is 5.10 Å². The summed E-state index contributed by atoms with van der Waals surface area (Å²) in [6, 6.07) is 6.07. The van der Waals surface area contributed by atoms with Crippen molar-refractivity contribution >= 4 is 23.2 Å². The highest BCUT2D eigenvalue weighted by Gasteiger charge is 2.35. The van der Waals surface area contributed by atoms with Crippen LogP contribution in [-0.2, 0) is 4.79 Å². The van der Waals surface area contributed by atoms with Gasteiger partial charge in [0.15, 0.2) is 5.69 Å². The fourth-order valence-electron chi connectivity index (χ4n) is 4.15. The van der Waals surface area contributed by atoms with E-state index in [9.17, 15) is 9.59 Å². The number of carbonyl (C=O) groups is 2. The topological polar surface area (TPSA) is 78.1 Å². The van der Waals surface area contributed by atoms with Gasteiger partial charge in [0.2, 0.25) is 5.91 Å². The van der Waals surface area contributed by atoms with E-state index in [1.165, 1.54) is 30.6 Å². The van der Waals surface area contributed by atoms with Gasteiger partial charge in [-0.05, 0) is 38.0 Å². The highest BCUT2D eigenvalue weighted by Crippen LogP contribution is 2.27. The van der Waals surface area contributed by atoms with Crippen molar-refractivity contribution in [1.29, 1.82) is 0 Å². The number of thiophene rings is 1. The van der Waals surface area contributed by atoms with E-state index in [2.05, 4.69) is 22.4 Å². The molecule has 6 nitrogen and oxygen atoms in total. The number of hydrogen-bond donors (Lipinski definition) is 2. The SMILES string of the molecule is Cc1ccc(-c2cc(C(=O)NC3CC(=O)N(C4CCCCCC4)C3)n[nH]2)s1. The van der Waals surface area contributed by atoms with Crippen LogP contribution in [0.3, 0.4) is 0 Å². The van der Waals surface area contributed by atoms with E-state index in [-0.39, 0.29) is 17.9 Å². The summed E-state index contributed by atoms with van der Waals surface area (Å²) < 4.78 is 0. The number of nitrogens with zero attached hydrogens (tertiary/aromatic N) is 2. The van der Waals surface area contributed by atoms with E-state index in [1.54, 1.807) is 17.4 Å². The molecule has 2 aromatic heterocycles. The molecule has 0 aromatic carbocycles. The van der Waals surface area contributed by atoms with Crippen LogP contribution in [-0.4, -0.2) is 45.5 Å². The van der Waals surface area contributed by atoms with Crippen molar-refractivity contribution in [3.8, 4) is 10.6 Å². The van der Waals surface area contributed by atoms with Crippen LogP contribution in [0.25, 0.3) is 10.6 Å². The monoisotopic (exact) mass is 386 g/mol. The third kappa shape index (κ3) is 4.08. The van der Waals surface area contributed by atoms with E-state index >= 15 is 0 Å². The minimum Gasteiger partial charge on any atom is -0.346 e. The molecule has 3 heterocycles. The molecule has 2 fully saturated rings. The molecule has 2 aromatic rings. The summed E-state index contributed by atoms with van der Waals surface area (Å²) in [4.78, 5) is 29.3. The highest BCUT2D eigenvalue weighted by molar-refractivity contribution is 7.15. The Hall–Kier alpha value is -2.15. The molecular formula is C20H26N4O2S. The summed E-state index contributed by atoms with van der Waals surface area (Å²) in [6.45, 7) is 2.67. The molecule has 1 unspecified atom stereocenters. The average Bonchev–Trinajstić information content (AvgIpc) is 3.32. The third-order valence-corrected chi connectivity index (χ3v) is 6.61. The summed E-state index contributed by atoms with van der Waals surface area (Å²) in [6.07, 6.45) is 7.51. The standard InChI is InChI=1S/C20H26N4O2S/c1-13-8-9-18(27-13)16-11-17(23-22-16)20(26)21-14-10-19(25)24(12-14)15-6-4-2-3-5-7-15/h8-9,11,14-15H,2-7,10,12H2,1H3,(H,21,26)(H,22,23). The molecular weight excluding hydrogens is 360 g/mol. The highest BCUT2D eigenvalue weighted by atomic mass is 32.1. The van der Waals surface area contributed by atoms with Gasteiger partial charge in [-0.3, -0.25) is 14.7 Å². The molecule has 1 aliphatic carbocycles. The third-order valence-electron chi connectivity index (χ3n) is 5.58. The largest absolute Gasteiger partial charge is 0.346 e. The zero-order valence-corrected chi connectivity index (χ0v) is 16.5. The van der Waals surface area contributed by atoms with Crippen LogP contribution >= 0.6 is 11.3 Å². The molecule has 2 N–H and O–H groups in total. The van der Waals surface area contributed by atoms with Gasteiger partial charge in [-0.25, -0.2) is 0 Å². The van der Waals surface area contributed by atoms with Crippen LogP contribution in [0, 0.1) is 6.92 Å². The number of rotatable bonds is 4. The first-order chi connectivity index (χ1) is 13.1. The van der Waals surface area contributed by atoms with Crippen LogP contribution in [0.2, 0.25) is 0 Å². The van der Waals surface area contributed by atoms with Crippen LogP contribution < -0.4 is 5.32 Å². The van der Waals surface area contributed by atoms with Gasteiger partial charge in [0.1, 0.15) is 0 Å². The lowest BCUT2D eigenvalue weighted by Crippen LogP contribution is -2.40. The van der Waals surface area contributed by atoms with E-state index in [0.29, 0.717) is 24.7 Å². The zero-order chi connectivity index (χ0) is 18.8. The van der Waals surface area contributed by atoms with Crippen molar-refractivity contribution in [2.24, 2.45) is 0 Å². The maximum Gasteiger partial charge on any atom is 0.272 e. The maximum absolute atomic E-state index is 12.6. The fraction of sp³-hybridized carbons (Fsp3) is 0.550. The zero-order valence-electron chi connectivity index (χ0n) is 15.7. The molecule has 1 aliphatic heterocycles. The summed E-state index contributed by atoms with van der Waals surface area (Å²) >= 11 is 1.66. The Morgan fingerprint density at radius 3 is 2.74 bits per heavy atom. The molecule has 4 rings (SSSR count). The van der Waals surface area contributed by atoms with E-state index in [1.807, 2.05) is 17.0 Å². The molecule has 1 atom stereocenters. The van der Waals surface area contributed by atoms with Gasteiger partial charge >= 0.3 is 0 Å². The summed E-state index contributed by atoms with van der Waals surface area (Å²) in [5.74, 6) is -0.0460. The van der Waals surface area contributed by atoms with E-state index in [0.717, 1.165) is 23.4 Å². The Balaban J connectivity index is 1.37. The number of H-pyrrole nitrogens is 1. The van der Waals surface area contributed by atoms with Crippen LogP contribution in [0.1, 0.15) is 60.3 Å². The molecule has 144 valence electrons. The van der Waals surface area contributed by atoms with Crippen molar-refractivity contribution < 1.29 is 9.59 Å². The number of aromatic amines is 1. The number of nitrogens with one attached hydrogen (secondary N) is 2. The van der Waals surface area contributed by atoms with Gasteiger partial charge in [-0.15, -0.1) is 11.3 Å². The minimum atomic E-state index is -0.216. The molecule has 1 saturated heterocycles. The predicted molar refractivity (Wildman–Crippen MR) is 106 cm³/mol. The van der Waals surface area contributed by atoms with E-state index < -0.39 is 0 Å². The number of aryl methyl sites for hydroxylation is 1. The second-order valence-electron chi connectivity index (χ2n) is 7.64. The molecule has 27 heavy (non-hydrogen) atoms. The summed E-state index contributed by atoms with van der Waals surface area (Å²) in [7, 11) is 0. The Labute approximate surface area is 163 Å². The number of likely N-dealkylation sites (tertiary alicyclic amines) is 1. The fourth-order valence-corrected chi connectivity index (χ4v) is 4.99. The van der Waals surface area contributed by atoms with Crippen LogP contribution in [0.15, 0.2) is 18.2 Å². The lowest BCUT2D eigenvalue weighted by Gasteiger charge is -2.27. The average molecular weight is 387 g/mol. The van der Waals surface area contributed by atoms with Crippen molar-refractivity contribution in [1.82, 2.24) is 20.4 Å². The van der Waals surface area contributed by atoms with Crippen molar-refractivity contribution in [3.05, 3.63) is 28.8 Å². The minimum absolute atomic E-state index is 0.127. The Bertz CT molecular complexity index is 820. The molecule has 7 heteroatoms. The lowest BCUT2D eigenvalue weighted by molar-refractivity contribution is -0.129. The summed E-state index contributed by atoms with van der Waals surface area (Å²) in [5.41, 5.74) is 1.22. The quantitative estimate of drug-likeness (QED) is 0.790. The molecule has 1 saturated carbocycles. The van der Waals surface area contributed by atoms with Gasteiger partial charge in [0.05, 0.1) is 16.6 Å². The molecule has 2 amide bonds. The number of carbonyl (C=O) groups excluding carboxylic acids is 2. The normalized spacial score (nSPS) is 21.4. The van der Waals surface area contributed by atoms with Crippen molar-refractivity contribution in [2.45, 2.75) is 64.0 Å². The van der Waals surface area contributed by atoms with E-state index in [4.69, 9.17) is 0 Å². The van der Waals surface area contributed by atoms with Gasteiger partial charge in [0, 0.05) is 23.9 Å². The second-order valence-corrected chi connectivity index (χ2v) is 8.93. The number of hydrogen-bond acceptors (Lipinski definition) is 4. The molecule has 0 spiro atoms. The Kier molecular flexibility index (Phi) is 5.29. The van der Waals surface area contributed by atoms with Crippen LogP contribution in [0.5, 0.6) is 0 Å². The maximum atomic E-state index is 12.6. The smallest absolute Gasteiger partial charge is 0.272 e. The lowest BCUT2D eigenvalue weighted by atomic mass is 10.1. The summed E-state index contributed by atoms with van der Waals surface area (Å²) in [5, 5.41) is 10.1. The second kappa shape index (κ2) is 7.84. The Morgan fingerprint density at radius 2 is 2.04 bits per heavy atom. The van der Waals surface area contributed by atoms with Gasteiger partial charge in [0.25, 0.3) is 5.91 Å². The first kappa shape index (κ1) is 18.2. The molecule has 0 radical (unpaired) electrons. The number of aromatic nitrogens is 2. The van der Waals surface area contributed by atoms with Gasteiger partial charge < -0.3 is 10.2 Å². The first-order valence-electron chi connectivity index (χ1n) is 9.82. The van der Waals surface area contributed by atoms with Crippen LogP contribution in [0.4, 0.5) is 0 Å². The Morgan fingerprint density at radius 1 is 1.26 bits per heavy atom. The molecule has 0 bridgehead atoms. The first-order valence-corrected chi connectivity index (χ1v) is 10.6. The van der Waals surface area contributed by atoms with Crippen molar-refractivity contribution in [2.75, 3.05) is 6.54 Å². The molecule has 2 aliphatic rings. The van der Waals surface area contributed by atoms with Gasteiger partial charge in [-0.1, -0.05) is 25.7 Å².